The minimum absolute atomic E-state index is 0.0144. The van der Waals surface area contributed by atoms with Gasteiger partial charge in [0.2, 0.25) is 0 Å². The van der Waals surface area contributed by atoms with E-state index in [4.69, 9.17) is 11.6 Å². The third-order valence-corrected chi connectivity index (χ3v) is 4.52. The van der Waals surface area contributed by atoms with Crippen LogP contribution in [0.1, 0.15) is 29.8 Å². The molecule has 0 radical (unpaired) electrons. The molecule has 1 unspecified atom stereocenters. The van der Waals surface area contributed by atoms with Gasteiger partial charge in [-0.1, -0.05) is 30.7 Å². The maximum atomic E-state index is 6.24. The summed E-state index contributed by atoms with van der Waals surface area (Å²) in [5.74, 6) is 0. The normalized spacial score (nSPS) is 12.4. The SMILES string of the molecule is CCNC(c1ccc(C)c(Cl)c1)c1ncc(Br)cc1Br. The molecule has 106 valence electrons. The van der Waals surface area contributed by atoms with Crippen LogP contribution in [0.4, 0.5) is 0 Å². The van der Waals surface area contributed by atoms with Crippen molar-refractivity contribution in [3.63, 3.8) is 0 Å². The van der Waals surface area contributed by atoms with Crippen LogP contribution in [0.5, 0.6) is 0 Å². The van der Waals surface area contributed by atoms with E-state index in [0.717, 1.165) is 37.3 Å². The second-order valence-electron chi connectivity index (χ2n) is 4.52. The number of hydrogen-bond donors (Lipinski definition) is 1. The molecule has 0 amide bonds. The molecule has 0 fully saturated rings. The Morgan fingerprint density at radius 3 is 2.65 bits per heavy atom. The van der Waals surface area contributed by atoms with Crippen LogP contribution in [0.3, 0.4) is 0 Å². The van der Waals surface area contributed by atoms with Crippen molar-refractivity contribution < 1.29 is 0 Å². The lowest BCUT2D eigenvalue weighted by Gasteiger charge is -2.20. The average molecular weight is 419 g/mol. The Morgan fingerprint density at radius 2 is 2.05 bits per heavy atom. The van der Waals surface area contributed by atoms with Gasteiger partial charge in [0.1, 0.15) is 0 Å². The smallest absolute Gasteiger partial charge is 0.0763 e. The highest BCUT2D eigenvalue weighted by Crippen LogP contribution is 2.30. The van der Waals surface area contributed by atoms with Crippen LogP contribution >= 0.6 is 43.5 Å². The molecule has 1 aromatic carbocycles. The summed E-state index contributed by atoms with van der Waals surface area (Å²) in [6.07, 6.45) is 1.81. The largest absolute Gasteiger partial charge is 0.305 e. The second kappa shape index (κ2) is 7.03. The summed E-state index contributed by atoms with van der Waals surface area (Å²) < 4.78 is 1.92. The van der Waals surface area contributed by atoms with E-state index in [9.17, 15) is 0 Å². The fraction of sp³-hybridized carbons (Fsp3) is 0.267. The van der Waals surface area contributed by atoms with E-state index in [1.165, 1.54) is 0 Å². The molecule has 0 aliphatic rings. The first-order valence-corrected chi connectivity index (χ1v) is 8.29. The Kier molecular flexibility index (Phi) is 5.61. The highest BCUT2D eigenvalue weighted by molar-refractivity contribution is 9.11. The molecule has 0 spiro atoms. The van der Waals surface area contributed by atoms with Crippen LogP contribution in [0.2, 0.25) is 5.02 Å². The first-order chi connectivity index (χ1) is 9.52. The van der Waals surface area contributed by atoms with Crippen molar-refractivity contribution in [2.75, 3.05) is 6.54 Å². The van der Waals surface area contributed by atoms with Gasteiger partial charge in [0.15, 0.2) is 0 Å². The Balaban J connectivity index is 2.47. The van der Waals surface area contributed by atoms with E-state index in [-0.39, 0.29) is 6.04 Å². The van der Waals surface area contributed by atoms with Gasteiger partial charge < -0.3 is 5.32 Å². The molecule has 0 saturated carbocycles. The third kappa shape index (κ3) is 3.61. The zero-order chi connectivity index (χ0) is 14.7. The summed E-state index contributed by atoms with van der Waals surface area (Å²) in [6, 6.07) is 8.14. The van der Waals surface area contributed by atoms with Gasteiger partial charge in [0.05, 0.1) is 11.7 Å². The minimum atomic E-state index is 0.0144. The monoisotopic (exact) mass is 416 g/mol. The summed E-state index contributed by atoms with van der Waals surface area (Å²) in [5, 5.41) is 4.23. The van der Waals surface area contributed by atoms with Gasteiger partial charge in [-0.05, 0) is 68.6 Å². The predicted molar refractivity (Wildman–Crippen MR) is 91.3 cm³/mol. The minimum Gasteiger partial charge on any atom is -0.305 e. The van der Waals surface area contributed by atoms with Gasteiger partial charge in [-0.15, -0.1) is 0 Å². The molecule has 1 N–H and O–H groups in total. The predicted octanol–water partition coefficient (Wildman–Crippen LogP) is 5.27. The number of aryl methyl sites for hydroxylation is 1. The van der Waals surface area contributed by atoms with Crippen LogP contribution in [-0.2, 0) is 0 Å². The lowest BCUT2D eigenvalue weighted by molar-refractivity contribution is 0.612. The van der Waals surface area contributed by atoms with Crippen LogP contribution < -0.4 is 5.32 Å². The van der Waals surface area contributed by atoms with Gasteiger partial charge >= 0.3 is 0 Å². The van der Waals surface area contributed by atoms with E-state index >= 15 is 0 Å². The average Bonchev–Trinajstić information content (AvgIpc) is 2.40. The van der Waals surface area contributed by atoms with Crippen LogP contribution in [0.25, 0.3) is 0 Å². The summed E-state index contributed by atoms with van der Waals surface area (Å²) in [7, 11) is 0. The number of nitrogens with one attached hydrogen (secondary N) is 1. The van der Waals surface area contributed by atoms with E-state index in [2.05, 4.69) is 55.2 Å². The standard InChI is InChI=1S/C15H15Br2ClN2/c1-3-19-14(10-5-4-9(2)13(18)6-10)15-12(17)7-11(16)8-20-15/h4-8,14,19H,3H2,1-2H3. The van der Waals surface area contributed by atoms with Gasteiger partial charge in [-0.2, -0.15) is 0 Å². The fourth-order valence-corrected chi connectivity index (χ4v) is 3.41. The van der Waals surface area contributed by atoms with Crippen molar-refractivity contribution >= 4 is 43.5 Å². The topological polar surface area (TPSA) is 24.9 Å². The zero-order valence-corrected chi connectivity index (χ0v) is 15.2. The van der Waals surface area contributed by atoms with E-state index in [1.807, 2.05) is 25.1 Å². The maximum absolute atomic E-state index is 6.24. The molecule has 1 heterocycles. The van der Waals surface area contributed by atoms with Gasteiger partial charge in [-0.3, -0.25) is 4.98 Å². The summed E-state index contributed by atoms with van der Waals surface area (Å²) >= 11 is 13.3. The number of aromatic nitrogens is 1. The molecular formula is C15H15Br2ClN2. The first kappa shape index (κ1) is 16.0. The highest BCUT2D eigenvalue weighted by Gasteiger charge is 2.18. The third-order valence-electron chi connectivity index (χ3n) is 3.05. The molecular weight excluding hydrogens is 403 g/mol. The van der Waals surface area contributed by atoms with Crippen LogP contribution in [0.15, 0.2) is 39.4 Å². The molecule has 5 heteroatoms. The van der Waals surface area contributed by atoms with Crippen molar-refractivity contribution in [1.29, 1.82) is 0 Å². The van der Waals surface area contributed by atoms with Crippen molar-refractivity contribution in [3.8, 4) is 0 Å². The van der Waals surface area contributed by atoms with Crippen molar-refractivity contribution in [3.05, 3.63) is 61.3 Å². The van der Waals surface area contributed by atoms with Gasteiger partial charge in [-0.25, -0.2) is 0 Å². The van der Waals surface area contributed by atoms with E-state index < -0.39 is 0 Å². The Labute approximate surface area is 141 Å². The summed E-state index contributed by atoms with van der Waals surface area (Å²) in [6.45, 7) is 4.93. The second-order valence-corrected chi connectivity index (χ2v) is 6.70. The van der Waals surface area contributed by atoms with Gasteiger partial charge in [0, 0.05) is 20.2 Å². The highest BCUT2D eigenvalue weighted by atomic mass is 79.9. The summed E-state index contributed by atoms with van der Waals surface area (Å²) in [4.78, 5) is 4.53. The van der Waals surface area contributed by atoms with E-state index in [0.29, 0.717) is 0 Å². The Bertz CT molecular complexity index is 617. The molecule has 0 bridgehead atoms. The number of hydrogen-bond acceptors (Lipinski definition) is 2. The summed E-state index contributed by atoms with van der Waals surface area (Å²) in [5.41, 5.74) is 3.14. The number of rotatable bonds is 4. The molecule has 0 saturated heterocycles. The maximum Gasteiger partial charge on any atom is 0.0763 e. The van der Waals surface area contributed by atoms with E-state index in [1.54, 1.807) is 6.20 Å². The van der Waals surface area contributed by atoms with Gasteiger partial charge in [0.25, 0.3) is 0 Å². The molecule has 2 rings (SSSR count). The number of halogens is 3. The van der Waals surface area contributed by atoms with Crippen molar-refractivity contribution in [2.45, 2.75) is 19.9 Å². The molecule has 1 aromatic heterocycles. The molecule has 1 atom stereocenters. The fourth-order valence-electron chi connectivity index (χ4n) is 2.00. The lowest BCUT2D eigenvalue weighted by Crippen LogP contribution is -2.23. The number of benzene rings is 1. The molecule has 0 aliphatic heterocycles. The quantitative estimate of drug-likeness (QED) is 0.732. The Hall–Kier alpha value is -0.420. The molecule has 20 heavy (non-hydrogen) atoms. The van der Waals surface area contributed by atoms with Crippen molar-refractivity contribution in [2.24, 2.45) is 0 Å². The molecule has 2 aromatic rings. The van der Waals surface area contributed by atoms with Crippen LogP contribution in [-0.4, -0.2) is 11.5 Å². The van der Waals surface area contributed by atoms with Crippen LogP contribution in [0, 0.1) is 6.92 Å². The first-order valence-electron chi connectivity index (χ1n) is 6.33. The zero-order valence-electron chi connectivity index (χ0n) is 11.3. The molecule has 0 aliphatic carbocycles. The number of pyridine rings is 1. The molecule has 2 nitrogen and oxygen atoms in total. The lowest BCUT2D eigenvalue weighted by atomic mass is 10.0. The number of nitrogens with zero attached hydrogens (tertiary/aromatic N) is 1. The van der Waals surface area contributed by atoms with Crippen molar-refractivity contribution in [1.82, 2.24) is 10.3 Å². The Morgan fingerprint density at radius 1 is 1.30 bits per heavy atom.